The molecule has 2 aliphatic rings. The third-order valence-corrected chi connectivity index (χ3v) is 5.60. The fourth-order valence-corrected chi connectivity index (χ4v) is 3.95. The SMILES string of the molecule is COC1(C(=O)N2CCC(C(=O)c3c(F)cc(F)cc3F)CC2)CCNCC1. The van der Waals surface area contributed by atoms with E-state index in [1.165, 1.54) is 7.11 Å². The molecule has 27 heavy (non-hydrogen) atoms. The summed E-state index contributed by atoms with van der Waals surface area (Å²) in [5.41, 5.74) is -1.55. The third-order valence-electron chi connectivity index (χ3n) is 5.60. The molecule has 2 fully saturated rings. The van der Waals surface area contributed by atoms with Crippen molar-refractivity contribution in [3.05, 3.63) is 35.1 Å². The zero-order chi connectivity index (χ0) is 19.6. The molecule has 2 saturated heterocycles. The number of rotatable bonds is 4. The van der Waals surface area contributed by atoms with Gasteiger partial charge in [0.25, 0.3) is 5.91 Å². The van der Waals surface area contributed by atoms with E-state index in [9.17, 15) is 22.8 Å². The van der Waals surface area contributed by atoms with Gasteiger partial charge in [0.15, 0.2) is 5.78 Å². The molecule has 1 N–H and O–H groups in total. The van der Waals surface area contributed by atoms with E-state index in [0.29, 0.717) is 64.0 Å². The second-order valence-electron chi connectivity index (χ2n) is 7.12. The van der Waals surface area contributed by atoms with Gasteiger partial charge in [0.2, 0.25) is 0 Å². The molecule has 0 atom stereocenters. The van der Waals surface area contributed by atoms with E-state index in [1.807, 2.05) is 0 Å². The second-order valence-corrected chi connectivity index (χ2v) is 7.12. The number of amides is 1. The maximum absolute atomic E-state index is 13.9. The molecule has 1 amide bonds. The average molecular weight is 384 g/mol. The summed E-state index contributed by atoms with van der Waals surface area (Å²) in [5, 5.41) is 3.19. The monoisotopic (exact) mass is 384 g/mol. The molecule has 0 bridgehead atoms. The number of ether oxygens (including phenoxy) is 1. The van der Waals surface area contributed by atoms with Gasteiger partial charge in [0.1, 0.15) is 23.1 Å². The number of nitrogens with one attached hydrogen (secondary N) is 1. The Kier molecular flexibility index (Phi) is 5.86. The van der Waals surface area contributed by atoms with Crippen LogP contribution in [-0.2, 0) is 9.53 Å². The third kappa shape index (κ3) is 3.87. The molecule has 1 aromatic rings. The Morgan fingerprint density at radius 2 is 1.67 bits per heavy atom. The Hall–Kier alpha value is -1.93. The lowest BCUT2D eigenvalue weighted by atomic mass is 9.86. The van der Waals surface area contributed by atoms with Gasteiger partial charge in [-0.1, -0.05) is 0 Å². The molecule has 0 aromatic heterocycles. The number of carbonyl (C=O) groups excluding carboxylic acids is 2. The highest BCUT2D eigenvalue weighted by molar-refractivity contribution is 5.98. The van der Waals surface area contributed by atoms with Gasteiger partial charge in [0.05, 0.1) is 5.56 Å². The molecule has 0 unspecified atom stereocenters. The van der Waals surface area contributed by atoms with Crippen molar-refractivity contribution in [1.29, 1.82) is 0 Å². The van der Waals surface area contributed by atoms with Crippen LogP contribution in [0.2, 0.25) is 0 Å². The molecule has 0 aliphatic carbocycles. The predicted molar refractivity (Wildman–Crippen MR) is 91.8 cm³/mol. The number of likely N-dealkylation sites (tertiary alicyclic amines) is 1. The standard InChI is InChI=1S/C19H23F3N2O3/c1-27-19(4-6-23-7-5-19)18(26)24-8-2-12(3-9-24)17(25)16-14(21)10-13(20)11-15(16)22/h10-12,23H,2-9H2,1H3. The number of Topliss-reactive ketones (excluding diaryl/α,β-unsaturated/α-hetero) is 1. The normalized spacial score (nSPS) is 20.5. The van der Waals surface area contributed by atoms with Gasteiger partial charge in [-0.2, -0.15) is 0 Å². The van der Waals surface area contributed by atoms with Gasteiger partial charge in [-0.3, -0.25) is 9.59 Å². The molecule has 1 aromatic carbocycles. The number of benzene rings is 1. The first-order chi connectivity index (χ1) is 12.9. The van der Waals surface area contributed by atoms with Crippen molar-refractivity contribution in [3.63, 3.8) is 0 Å². The molecule has 8 heteroatoms. The highest BCUT2D eigenvalue weighted by Crippen LogP contribution is 2.30. The topological polar surface area (TPSA) is 58.6 Å². The van der Waals surface area contributed by atoms with Crippen molar-refractivity contribution in [2.45, 2.75) is 31.3 Å². The zero-order valence-corrected chi connectivity index (χ0v) is 15.2. The molecule has 2 heterocycles. The van der Waals surface area contributed by atoms with Crippen LogP contribution in [0, 0.1) is 23.4 Å². The fraction of sp³-hybridized carbons (Fsp3) is 0.579. The van der Waals surface area contributed by atoms with Crippen LogP contribution in [0.15, 0.2) is 12.1 Å². The minimum atomic E-state index is -1.19. The van der Waals surface area contributed by atoms with Crippen LogP contribution in [0.25, 0.3) is 0 Å². The Morgan fingerprint density at radius 1 is 1.11 bits per heavy atom. The van der Waals surface area contributed by atoms with Crippen molar-refractivity contribution in [2.75, 3.05) is 33.3 Å². The summed E-state index contributed by atoms with van der Waals surface area (Å²) in [7, 11) is 1.53. The minimum Gasteiger partial charge on any atom is -0.368 e. The van der Waals surface area contributed by atoms with Crippen LogP contribution in [0.4, 0.5) is 13.2 Å². The van der Waals surface area contributed by atoms with E-state index >= 15 is 0 Å². The molecule has 0 saturated carbocycles. The first kappa shape index (κ1) is 19.8. The molecular formula is C19H23F3N2O3. The smallest absolute Gasteiger partial charge is 0.254 e. The fourth-order valence-electron chi connectivity index (χ4n) is 3.95. The quantitative estimate of drug-likeness (QED) is 0.810. The summed E-state index contributed by atoms with van der Waals surface area (Å²) >= 11 is 0. The highest BCUT2D eigenvalue weighted by Gasteiger charge is 2.43. The summed E-state index contributed by atoms with van der Waals surface area (Å²) < 4.78 is 46.3. The molecular weight excluding hydrogens is 361 g/mol. The van der Waals surface area contributed by atoms with E-state index in [1.54, 1.807) is 4.90 Å². The first-order valence-electron chi connectivity index (χ1n) is 9.12. The van der Waals surface area contributed by atoms with Crippen LogP contribution in [0.3, 0.4) is 0 Å². The van der Waals surface area contributed by atoms with Gasteiger partial charge < -0.3 is 15.0 Å². The lowest BCUT2D eigenvalue weighted by Crippen LogP contribution is -2.56. The van der Waals surface area contributed by atoms with Crippen LogP contribution in [0.1, 0.15) is 36.0 Å². The van der Waals surface area contributed by atoms with Gasteiger partial charge in [0, 0.05) is 38.2 Å². The van der Waals surface area contributed by atoms with Crippen molar-refractivity contribution in [1.82, 2.24) is 10.2 Å². The molecule has 0 radical (unpaired) electrons. The Balaban J connectivity index is 1.67. The van der Waals surface area contributed by atoms with E-state index in [-0.39, 0.29) is 5.91 Å². The molecule has 2 aliphatic heterocycles. The Bertz CT molecular complexity index is 704. The summed E-state index contributed by atoms with van der Waals surface area (Å²) in [6, 6.07) is 1.02. The summed E-state index contributed by atoms with van der Waals surface area (Å²) in [6.07, 6.45) is 1.76. The molecule has 0 spiro atoms. The summed E-state index contributed by atoms with van der Waals surface area (Å²) in [5.74, 6) is -4.83. The Morgan fingerprint density at radius 3 is 2.19 bits per heavy atom. The summed E-state index contributed by atoms with van der Waals surface area (Å²) in [4.78, 5) is 27.1. The second kappa shape index (κ2) is 7.98. The number of hydrogen-bond donors (Lipinski definition) is 1. The van der Waals surface area contributed by atoms with Crippen LogP contribution >= 0.6 is 0 Å². The number of methoxy groups -OCH3 is 1. The number of carbonyl (C=O) groups is 2. The highest BCUT2D eigenvalue weighted by atomic mass is 19.1. The van der Waals surface area contributed by atoms with Crippen molar-refractivity contribution >= 4 is 11.7 Å². The van der Waals surface area contributed by atoms with E-state index < -0.39 is 40.3 Å². The number of piperidine rings is 2. The largest absolute Gasteiger partial charge is 0.368 e. The van der Waals surface area contributed by atoms with Gasteiger partial charge in [-0.15, -0.1) is 0 Å². The predicted octanol–water partition coefficient (Wildman–Crippen LogP) is 2.29. The van der Waals surface area contributed by atoms with E-state index in [4.69, 9.17) is 4.74 Å². The van der Waals surface area contributed by atoms with E-state index in [2.05, 4.69) is 5.32 Å². The van der Waals surface area contributed by atoms with Gasteiger partial charge in [-0.05, 0) is 38.8 Å². The molecule has 148 valence electrons. The number of hydrogen-bond acceptors (Lipinski definition) is 4. The van der Waals surface area contributed by atoms with Crippen molar-refractivity contribution in [3.8, 4) is 0 Å². The van der Waals surface area contributed by atoms with Crippen molar-refractivity contribution < 1.29 is 27.5 Å². The summed E-state index contributed by atoms with van der Waals surface area (Å²) in [6.45, 7) is 2.02. The number of nitrogens with zero attached hydrogens (tertiary/aromatic N) is 1. The van der Waals surface area contributed by atoms with Crippen LogP contribution in [-0.4, -0.2) is 55.5 Å². The lowest BCUT2D eigenvalue weighted by Gasteiger charge is -2.41. The van der Waals surface area contributed by atoms with Crippen LogP contribution < -0.4 is 5.32 Å². The lowest BCUT2D eigenvalue weighted by molar-refractivity contribution is -0.159. The minimum absolute atomic E-state index is 0.100. The van der Waals surface area contributed by atoms with Gasteiger partial charge in [-0.25, -0.2) is 13.2 Å². The zero-order valence-electron chi connectivity index (χ0n) is 15.2. The first-order valence-corrected chi connectivity index (χ1v) is 9.12. The van der Waals surface area contributed by atoms with E-state index in [0.717, 1.165) is 0 Å². The number of ketones is 1. The molecule has 3 rings (SSSR count). The van der Waals surface area contributed by atoms with Gasteiger partial charge >= 0.3 is 0 Å². The Labute approximate surface area is 155 Å². The molecule has 5 nitrogen and oxygen atoms in total. The van der Waals surface area contributed by atoms with Crippen LogP contribution in [0.5, 0.6) is 0 Å². The van der Waals surface area contributed by atoms with Crippen molar-refractivity contribution in [2.24, 2.45) is 5.92 Å². The maximum Gasteiger partial charge on any atom is 0.254 e. The maximum atomic E-state index is 13.9. The number of halogens is 3. The average Bonchev–Trinajstić information content (AvgIpc) is 2.67.